The molecule has 0 heterocycles. The molecule has 0 aliphatic rings. The first-order valence-corrected chi connectivity index (χ1v) is 6.19. The molecule has 0 radical (unpaired) electrons. The molecule has 0 unspecified atom stereocenters. The average molecular weight is 261 g/mol. The molecule has 0 fully saturated rings. The number of rotatable bonds is 10. The molecule has 0 aromatic heterocycles. The number of ether oxygens (including phenoxy) is 1. The van der Waals surface area contributed by atoms with E-state index in [1.807, 2.05) is 11.9 Å². The largest absolute Gasteiger partial charge is 0.393 e. The second kappa shape index (κ2) is 10.4. The number of methoxy groups -OCH3 is 1. The Hall–Kier alpha value is -0.720. The number of nitrogens with zero attached hydrogens (tertiary/aromatic N) is 1. The zero-order chi connectivity index (χ0) is 13.1. The first-order valence-electron chi connectivity index (χ1n) is 5.78. The van der Waals surface area contributed by atoms with Crippen molar-refractivity contribution in [2.24, 2.45) is 5.73 Å². The van der Waals surface area contributed by atoms with E-state index in [1.165, 1.54) is 0 Å². The fourth-order valence-electron chi connectivity index (χ4n) is 1.35. The molecular formula is C11H23N3O2S. The summed E-state index contributed by atoms with van der Waals surface area (Å²) in [5.41, 5.74) is 5.40. The zero-order valence-corrected chi connectivity index (χ0v) is 11.5. The van der Waals surface area contributed by atoms with Gasteiger partial charge < -0.3 is 15.8 Å². The number of carbonyl (C=O) groups excluding carboxylic acids is 1. The summed E-state index contributed by atoms with van der Waals surface area (Å²) in [6.45, 7) is 2.39. The molecule has 0 spiro atoms. The number of unbranched alkanes of at least 4 members (excludes halogenated alkanes) is 1. The summed E-state index contributed by atoms with van der Waals surface area (Å²) < 4.78 is 4.85. The molecular weight excluding hydrogens is 238 g/mol. The third-order valence-corrected chi connectivity index (χ3v) is 2.46. The Kier molecular flexibility index (Phi) is 9.99. The van der Waals surface area contributed by atoms with Crippen LogP contribution in [-0.2, 0) is 9.53 Å². The third-order valence-electron chi connectivity index (χ3n) is 2.25. The number of amides is 1. The summed E-state index contributed by atoms with van der Waals surface area (Å²) in [6, 6.07) is 0. The lowest BCUT2D eigenvalue weighted by Crippen LogP contribution is -2.37. The van der Waals surface area contributed by atoms with Crippen molar-refractivity contribution in [1.82, 2.24) is 10.2 Å². The Morgan fingerprint density at radius 3 is 2.76 bits per heavy atom. The Balaban J connectivity index is 3.46. The number of nitrogens with one attached hydrogen (secondary N) is 1. The van der Waals surface area contributed by atoms with Crippen molar-refractivity contribution >= 4 is 23.1 Å². The van der Waals surface area contributed by atoms with Crippen LogP contribution < -0.4 is 11.1 Å². The van der Waals surface area contributed by atoms with Gasteiger partial charge in [0.2, 0.25) is 5.91 Å². The van der Waals surface area contributed by atoms with Gasteiger partial charge in [0.05, 0.1) is 18.1 Å². The van der Waals surface area contributed by atoms with Gasteiger partial charge in [-0.25, -0.2) is 0 Å². The van der Waals surface area contributed by atoms with Crippen LogP contribution in [0.4, 0.5) is 0 Å². The van der Waals surface area contributed by atoms with Gasteiger partial charge in [-0.05, 0) is 32.9 Å². The number of hydrogen-bond donors (Lipinski definition) is 2. The number of likely N-dealkylation sites (N-methyl/N-ethyl adjacent to an activating group) is 1. The van der Waals surface area contributed by atoms with Gasteiger partial charge in [-0.2, -0.15) is 0 Å². The summed E-state index contributed by atoms with van der Waals surface area (Å²) in [5, 5.41) is 2.78. The molecule has 0 aliphatic heterocycles. The van der Waals surface area contributed by atoms with Gasteiger partial charge in [-0.1, -0.05) is 12.2 Å². The van der Waals surface area contributed by atoms with E-state index in [2.05, 4.69) is 5.32 Å². The van der Waals surface area contributed by atoms with E-state index in [1.54, 1.807) is 7.11 Å². The second-order valence-corrected chi connectivity index (χ2v) is 4.53. The lowest BCUT2D eigenvalue weighted by molar-refractivity contribution is -0.122. The molecule has 6 heteroatoms. The fraction of sp³-hybridized carbons (Fsp3) is 0.818. The maximum absolute atomic E-state index is 11.4. The quantitative estimate of drug-likeness (QED) is 0.432. The summed E-state index contributed by atoms with van der Waals surface area (Å²) in [4.78, 5) is 14.0. The Morgan fingerprint density at radius 2 is 2.18 bits per heavy atom. The van der Waals surface area contributed by atoms with Gasteiger partial charge in [0.25, 0.3) is 0 Å². The molecule has 0 rings (SSSR count). The molecule has 100 valence electrons. The summed E-state index contributed by atoms with van der Waals surface area (Å²) >= 11 is 4.79. The molecule has 0 aliphatic carbocycles. The number of hydrogen-bond acceptors (Lipinski definition) is 4. The van der Waals surface area contributed by atoms with E-state index in [-0.39, 0.29) is 5.91 Å². The van der Waals surface area contributed by atoms with Crippen LogP contribution in [0.3, 0.4) is 0 Å². The van der Waals surface area contributed by atoms with Crippen molar-refractivity contribution in [2.75, 3.05) is 40.4 Å². The average Bonchev–Trinajstić information content (AvgIpc) is 2.24. The topological polar surface area (TPSA) is 67.6 Å². The SMILES string of the molecule is COCCNC(=O)CN(C)CCCCC(N)=S. The van der Waals surface area contributed by atoms with Gasteiger partial charge in [-0.15, -0.1) is 0 Å². The van der Waals surface area contributed by atoms with Crippen LogP contribution >= 0.6 is 12.2 Å². The van der Waals surface area contributed by atoms with Crippen molar-refractivity contribution in [3.05, 3.63) is 0 Å². The summed E-state index contributed by atoms with van der Waals surface area (Å²) in [7, 11) is 3.54. The van der Waals surface area contributed by atoms with Crippen molar-refractivity contribution in [1.29, 1.82) is 0 Å². The van der Waals surface area contributed by atoms with E-state index in [0.717, 1.165) is 25.8 Å². The standard InChI is InChI=1S/C11H23N3O2S/c1-14(7-4-3-5-10(12)17)9-11(15)13-6-8-16-2/h3-9H2,1-2H3,(H2,12,17)(H,13,15). The van der Waals surface area contributed by atoms with Crippen LogP contribution in [0, 0.1) is 0 Å². The molecule has 5 nitrogen and oxygen atoms in total. The third kappa shape index (κ3) is 11.5. The highest BCUT2D eigenvalue weighted by Gasteiger charge is 2.05. The highest BCUT2D eigenvalue weighted by molar-refractivity contribution is 7.80. The lowest BCUT2D eigenvalue weighted by atomic mass is 10.2. The predicted molar refractivity (Wildman–Crippen MR) is 73.0 cm³/mol. The van der Waals surface area contributed by atoms with E-state index in [9.17, 15) is 4.79 Å². The Bertz CT molecular complexity index is 237. The van der Waals surface area contributed by atoms with Crippen molar-refractivity contribution in [3.8, 4) is 0 Å². The minimum Gasteiger partial charge on any atom is -0.393 e. The first kappa shape index (κ1) is 16.3. The molecule has 0 atom stereocenters. The fourth-order valence-corrected chi connectivity index (χ4v) is 1.50. The van der Waals surface area contributed by atoms with Crippen LogP contribution in [0.2, 0.25) is 0 Å². The van der Waals surface area contributed by atoms with E-state index in [4.69, 9.17) is 22.7 Å². The van der Waals surface area contributed by atoms with Gasteiger partial charge in [-0.3, -0.25) is 9.69 Å². The van der Waals surface area contributed by atoms with Gasteiger partial charge in [0.15, 0.2) is 0 Å². The van der Waals surface area contributed by atoms with Crippen molar-refractivity contribution < 1.29 is 9.53 Å². The van der Waals surface area contributed by atoms with E-state index >= 15 is 0 Å². The Labute approximate surface area is 109 Å². The number of carbonyl (C=O) groups is 1. The molecule has 1 amide bonds. The first-order chi connectivity index (χ1) is 8.06. The second-order valence-electron chi connectivity index (χ2n) is 4.00. The van der Waals surface area contributed by atoms with Crippen molar-refractivity contribution in [2.45, 2.75) is 19.3 Å². The Morgan fingerprint density at radius 1 is 1.47 bits per heavy atom. The highest BCUT2D eigenvalue weighted by atomic mass is 32.1. The molecule has 0 saturated heterocycles. The molecule has 0 saturated carbocycles. The highest BCUT2D eigenvalue weighted by Crippen LogP contribution is 1.97. The maximum Gasteiger partial charge on any atom is 0.234 e. The number of nitrogens with two attached hydrogens (primary N) is 1. The van der Waals surface area contributed by atoms with Crippen LogP contribution in [0.1, 0.15) is 19.3 Å². The predicted octanol–water partition coefficient (Wildman–Crippen LogP) is 0.137. The van der Waals surface area contributed by atoms with E-state index in [0.29, 0.717) is 24.7 Å². The number of thiocarbonyl (C=S) groups is 1. The van der Waals surface area contributed by atoms with Gasteiger partial charge in [0, 0.05) is 13.7 Å². The van der Waals surface area contributed by atoms with Crippen LogP contribution in [0.25, 0.3) is 0 Å². The smallest absolute Gasteiger partial charge is 0.234 e. The summed E-state index contributed by atoms with van der Waals surface area (Å²) in [6.07, 6.45) is 2.76. The monoisotopic (exact) mass is 261 g/mol. The minimum atomic E-state index is 0.0268. The molecule has 0 aromatic rings. The summed E-state index contributed by atoms with van der Waals surface area (Å²) in [5.74, 6) is 0.0268. The molecule has 0 bridgehead atoms. The zero-order valence-electron chi connectivity index (χ0n) is 10.7. The molecule has 17 heavy (non-hydrogen) atoms. The van der Waals surface area contributed by atoms with Gasteiger partial charge >= 0.3 is 0 Å². The molecule has 3 N–H and O–H groups in total. The van der Waals surface area contributed by atoms with Crippen LogP contribution in [-0.4, -0.2) is 56.2 Å². The maximum atomic E-state index is 11.4. The molecule has 0 aromatic carbocycles. The van der Waals surface area contributed by atoms with Crippen LogP contribution in [0.5, 0.6) is 0 Å². The van der Waals surface area contributed by atoms with Crippen molar-refractivity contribution in [3.63, 3.8) is 0 Å². The van der Waals surface area contributed by atoms with Crippen LogP contribution in [0.15, 0.2) is 0 Å². The van der Waals surface area contributed by atoms with Gasteiger partial charge in [0.1, 0.15) is 0 Å². The normalized spacial score (nSPS) is 10.5. The minimum absolute atomic E-state index is 0.0268. The van der Waals surface area contributed by atoms with E-state index < -0.39 is 0 Å². The lowest BCUT2D eigenvalue weighted by Gasteiger charge is -2.15.